The second-order valence-electron chi connectivity index (χ2n) is 9.35. The van der Waals surface area contributed by atoms with E-state index in [1.807, 2.05) is 24.3 Å². The van der Waals surface area contributed by atoms with E-state index < -0.39 is 17.9 Å². The summed E-state index contributed by atoms with van der Waals surface area (Å²) < 4.78 is 0. The maximum absolute atomic E-state index is 12.3. The van der Waals surface area contributed by atoms with Gasteiger partial charge in [-0.05, 0) is 79.6 Å². The second kappa shape index (κ2) is 11.8. The third-order valence-electron chi connectivity index (χ3n) is 6.90. The molecule has 7 N–H and O–H groups in total. The minimum atomic E-state index is -1.03. The molecule has 2 aromatic rings. The van der Waals surface area contributed by atoms with Crippen molar-refractivity contribution in [3.63, 3.8) is 0 Å². The van der Waals surface area contributed by atoms with Gasteiger partial charge in [-0.1, -0.05) is 18.3 Å². The summed E-state index contributed by atoms with van der Waals surface area (Å²) in [5.74, 6) is 6.35. The summed E-state index contributed by atoms with van der Waals surface area (Å²) in [7, 11) is 0. The minimum Gasteiger partial charge on any atom is -0.339 e. The van der Waals surface area contributed by atoms with Gasteiger partial charge in [-0.2, -0.15) is 0 Å². The predicted molar refractivity (Wildman–Crippen MR) is 135 cm³/mol. The van der Waals surface area contributed by atoms with Crippen LogP contribution in [0.3, 0.4) is 0 Å². The zero-order chi connectivity index (χ0) is 25.5. The van der Waals surface area contributed by atoms with Crippen molar-refractivity contribution in [1.82, 2.24) is 16.1 Å². The smallest absolute Gasteiger partial charge is 0.267 e. The molecule has 2 bridgehead atoms. The van der Waals surface area contributed by atoms with Gasteiger partial charge in [-0.25, -0.2) is 5.48 Å². The van der Waals surface area contributed by atoms with Gasteiger partial charge < -0.3 is 21.7 Å². The molecule has 2 aromatic carbocycles. The van der Waals surface area contributed by atoms with E-state index in [0.717, 1.165) is 23.1 Å². The number of hydroxylamine groups is 1. The molecular formula is C27H31N5O4. The monoisotopic (exact) mass is 489 g/mol. The first-order chi connectivity index (χ1) is 17.4. The summed E-state index contributed by atoms with van der Waals surface area (Å²) in [6.07, 6.45) is 5.13. The molecule has 188 valence electrons. The molecule has 0 radical (unpaired) electrons. The van der Waals surface area contributed by atoms with Crippen LogP contribution in [0.1, 0.15) is 47.2 Å². The fourth-order valence-corrected chi connectivity index (χ4v) is 4.96. The first-order valence-electron chi connectivity index (χ1n) is 12.2. The van der Waals surface area contributed by atoms with Crippen LogP contribution < -0.4 is 27.2 Å². The first kappa shape index (κ1) is 25.4. The number of rotatable bonds is 8. The number of nitrogens with two attached hydrogens (primary N) is 1. The molecule has 4 rings (SSSR count). The number of hydrogen-bond donors (Lipinski definition) is 6. The van der Waals surface area contributed by atoms with Crippen LogP contribution in [0.2, 0.25) is 0 Å². The topological polar surface area (TPSA) is 146 Å². The lowest BCUT2D eigenvalue weighted by Crippen LogP contribution is -2.50. The van der Waals surface area contributed by atoms with Crippen molar-refractivity contribution >= 4 is 23.4 Å². The Morgan fingerprint density at radius 3 is 2.19 bits per heavy atom. The molecule has 9 nitrogen and oxygen atoms in total. The first-order valence-corrected chi connectivity index (χ1v) is 12.2. The third kappa shape index (κ3) is 6.49. The number of hydrogen-bond acceptors (Lipinski definition) is 6. The van der Waals surface area contributed by atoms with Crippen LogP contribution in [0.15, 0.2) is 48.5 Å². The maximum Gasteiger partial charge on any atom is 0.267 e. The van der Waals surface area contributed by atoms with Crippen LogP contribution in [-0.4, -0.2) is 48.1 Å². The van der Waals surface area contributed by atoms with E-state index in [0.29, 0.717) is 23.7 Å². The van der Waals surface area contributed by atoms with Crippen LogP contribution in [-0.2, 0) is 9.59 Å². The van der Waals surface area contributed by atoms with Gasteiger partial charge in [0.15, 0.2) is 0 Å². The number of carbonyl (C=O) groups is 3. The number of fused-ring (bicyclic) bond motifs is 2. The Hall–Kier alpha value is -3.71. The average molecular weight is 490 g/mol. The van der Waals surface area contributed by atoms with Gasteiger partial charge in [0.25, 0.3) is 11.8 Å². The highest BCUT2D eigenvalue weighted by Crippen LogP contribution is 2.44. The molecule has 36 heavy (non-hydrogen) atoms. The normalized spacial score (nSPS) is 20.7. The quantitative estimate of drug-likeness (QED) is 0.188. The van der Waals surface area contributed by atoms with Crippen LogP contribution in [0.25, 0.3) is 0 Å². The molecule has 2 saturated carbocycles. The Morgan fingerprint density at radius 1 is 0.972 bits per heavy atom. The van der Waals surface area contributed by atoms with E-state index in [1.165, 1.54) is 31.2 Å². The lowest BCUT2D eigenvalue weighted by atomic mass is 9.95. The molecular weight excluding hydrogens is 458 g/mol. The summed E-state index contributed by atoms with van der Waals surface area (Å²) in [5, 5.41) is 17.5. The number of benzene rings is 2. The minimum absolute atomic E-state index is 0.0458. The zero-order valence-electron chi connectivity index (χ0n) is 19.9. The van der Waals surface area contributed by atoms with Crippen molar-refractivity contribution in [1.29, 1.82) is 0 Å². The summed E-state index contributed by atoms with van der Waals surface area (Å²) in [6.45, 7) is 0.174. The Morgan fingerprint density at radius 2 is 1.64 bits per heavy atom. The summed E-state index contributed by atoms with van der Waals surface area (Å²) in [4.78, 5) is 36.0. The molecule has 2 fully saturated rings. The summed E-state index contributed by atoms with van der Waals surface area (Å²) in [6, 6.07) is 13.3. The van der Waals surface area contributed by atoms with Crippen molar-refractivity contribution < 1.29 is 19.6 Å². The van der Waals surface area contributed by atoms with Crippen molar-refractivity contribution in [3.05, 3.63) is 65.2 Å². The van der Waals surface area contributed by atoms with Crippen LogP contribution >= 0.6 is 0 Å². The van der Waals surface area contributed by atoms with E-state index >= 15 is 0 Å². The second-order valence-corrected chi connectivity index (χ2v) is 9.35. The van der Waals surface area contributed by atoms with Crippen molar-refractivity contribution in [3.8, 4) is 11.8 Å². The van der Waals surface area contributed by atoms with Gasteiger partial charge in [-0.15, -0.1) is 0 Å². The molecule has 0 spiro atoms. The standard InChI is InChI=1S/C27H31N5O4/c28-15-24(27(35)32-36)31-26(34)20-8-3-17(4-9-20)1-2-18-6-11-22(12-7-18)30-25(33)16-29-23-14-19-5-10-21(23)13-19/h3-4,6-9,11-12,19,21,23-24,29,36H,5,10,13-16,28H2,(H,30,33)(H,31,34)(H,32,35)/t19-,21+,23?,24+/m1/s1. The van der Waals surface area contributed by atoms with E-state index in [-0.39, 0.29) is 12.5 Å². The fraction of sp³-hybridized carbons (Fsp3) is 0.370. The average Bonchev–Trinajstić information content (AvgIpc) is 3.53. The Bertz CT molecular complexity index is 1150. The Labute approximate surface area is 210 Å². The molecule has 0 aromatic heterocycles. The van der Waals surface area contributed by atoms with E-state index in [2.05, 4.69) is 27.8 Å². The van der Waals surface area contributed by atoms with Crippen molar-refractivity contribution in [2.24, 2.45) is 17.6 Å². The maximum atomic E-state index is 12.3. The number of amides is 3. The highest BCUT2D eigenvalue weighted by molar-refractivity contribution is 5.97. The van der Waals surface area contributed by atoms with Crippen LogP contribution in [0.5, 0.6) is 0 Å². The molecule has 1 unspecified atom stereocenters. The highest BCUT2D eigenvalue weighted by atomic mass is 16.5. The van der Waals surface area contributed by atoms with E-state index in [9.17, 15) is 14.4 Å². The van der Waals surface area contributed by atoms with Gasteiger partial charge in [0.05, 0.1) is 6.54 Å². The van der Waals surface area contributed by atoms with Gasteiger partial charge >= 0.3 is 0 Å². The number of anilines is 1. The van der Waals surface area contributed by atoms with Crippen LogP contribution in [0, 0.1) is 23.7 Å². The molecule has 9 heteroatoms. The summed E-state index contributed by atoms with van der Waals surface area (Å²) >= 11 is 0. The molecule has 0 saturated heterocycles. The highest BCUT2D eigenvalue weighted by Gasteiger charge is 2.39. The molecule has 2 aliphatic carbocycles. The molecule has 0 heterocycles. The summed E-state index contributed by atoms with van der Waals surface area (Å²) in [5.41, 5.74) is 9.47. The largest absolute Gasteiger partial charge is 0.339 e. The Balaban J connectivity index is 1.26. The van der Waals surface area contributed by atoms with Gasteiger partial charge in [0.1, 0.15) is 6.04 Å². The molecule has 0 aliphatic heterocycles. The third-order valence-corrected chi connectivity index (χ3v) is 6.90. The predicted octanol–water partition coefficient (Wildman–Crippen LogP) is 1.37. The lowest BCUT2D eigenvalue weighted by molar-refractivity contribution is -0.130. The van der Waals surface area contributed by atoms with Gasteiger partial charge in [0, 0.05) is 35.0 Å². The molecule has 4 atom stereocenters. The van der Waals surface area contributed by atoms with Crippen LogP contribution in [0.4, 0.5) is 5.69 Å². The van der Waals surface area contributed by atoms with E-state index in [4.69, 9.17) is 10.9 Å². The molecule has 3 amide bonds. The van der Waals surface area contributed by atoms with E-state index in [1.54, 1.807) is 24.3 Å². The Kier molecular flexibility index (Phi) is 8.33. The fourth-order valence-electron chi connectivity index (χ4n) is 4.96. The number of carbonyl (C=O) groups excluding carboxylic acids is 3. The lowest BCUT2D eigenvalue weighted by Gasteiger charge is -2.22. The van der Waals surface area contributed by atoms with Gasteiger partial charge in [0.2, 0.25) is 5.91 Å². The molecule has 2 aliphatic rings. The van der Waals surface area contributed by atoms with Crippen molar-refractivity contribution in [2.75, 3.05) is 18.4 Å². The van der Waals surface area contributed by atoms with Crippen molar-refractivity contribution in [2.45, 2.75) is 37.8 Å². The zero-order valence-corrected chi connectivity index (χ0v) is 19.9. The van der Waals surface area contributed by atoms with Gasteiger partial charge in [-0.3, -0.25) is 19.6 Å². The number of nitrogens with one attached hydrogen (secondary N) is 4. The SMILES string of the molecule is NC[C@H](NC(=O)c1ccc(C#Cc2ccc(NC(=O)CNC3C[C@@H]4CC[C@H]3C4)cc2)cc1)C(=O)NO.